The van der Waals surface area contributed by atoms with Crippen LogP contribution in [0.15, 0.2) is 54.6 Å². The van der Waals surface area contributed by atoms with Gasteiger partial charge in [0.05, 0.1) is 0 Å². The number of carbonyl (C=O) groups excluding carboxylic acids is 1. The Kier molecular flexibility index (Phi) is 4.43. The average molecular weight is 316 g/mol. The summed E-state index contributed by atoms with van der Waals surface area (Å²) in [5, 5.41) is 0.714. The van der Waals surface area contributed by atoms with Crippen LogP contribution >= 0.6 is 11.6 Å². The Morgan fingerprint density at radius 2 is 1.77 bits per heavy atom. The summed E-state index contributed by atoms with van der Waals surface area (Å²) in [5.74, 6) is 0.0511. The summed E-state index contributed by atoms with van der Waals surface area (Å²) in [6, 6.07) is 17.2. The Morgan fingerprint density at radius 1 is 1.09 bits per heavy atom. The average Bonchev–Trinajstić information content (AvgIpc) is 3.05. The van der Waals surface area contributed by atoms with E-state index in [0.717, 1.165) is 11.3 Å². The summed E-state index contributed by atoms with van der Waals surface area (Å²) in [4.78, 5) is 14.3. The molecule has 0 aromatic heterocycles. The molecule has 0 bridgehead atoms. The number of nitrogens with zero attached hydrogens (tertiary/aromatic N) is 1. The number of benzene rings is 2. The van der Waals surface area contributed by atoms with Crippen LogP contribution in [0.5, 0.6) is 0 Å². The van der Waals surface area contributed by atoms with E-state index < -0.39 is 0 Å². The van der Waals surface area contributed by atoms with E-state index in [1.165, 1.54) is 0 Å². The standard InChI is InChI=1S/C17H18ClN3O/c1-21(14-5-3-2-4-6-14)17(22)16-11-15(19-20-16)12-7-9-13(18)10-8-12/h2-10,15-16,19-20H,11H2,1H3. The molecule has 0 saturated carbocycles. The van der Waals surface area contributed by atoms with Crippen LogP contribution in [-0.4, -0.2) is 19.0 Å². The molecule has 1 amide bonds. The molecule has 1 aliphatic heterocycles. The van der Waals surface area contributed by atoms with Gasteiger partial charge in [-0.1, -0.05) is 41.9 Å². The van der Waals surface area contributed by atoms with Gasteiger partial charge in [0.2, 0.25) is 5.91 Å². The number of amides is 1. The van der Waals surface area contributed by atoms with Gasteiger partial charge < -0.3 is 4.90 Å². The lowest BCUT2D eigenvalue weighted by Gasteiger charge is -2.20. The summed E-state index contributed by atoms with van der Waals surface area (Å²) in [6.45, 7) is 0. The maximum atomic E-state index is 12.6. The van der Waals surface area contributed by atoms with Gasteiger partial charge in [0.25, 0.3) is 0 Å². The molecule has 1 fully saturated rings. The molecule has 0 aliphatic carbocycles. The zero-order chi connectivity index (χ0) is 15.5. The lowest BCUT2D eigenvalue weighted by Crippen LogP contribution is -2.44. The number of nitrogens with one attached hydrogen (secondary N) is 2. The molecule has 2 atom stereocenters. The van der Waals surface area contributed by atoms with Crippen molar-refractivity contribution in [2.45, 2.75) is 18.5 Å². The quantitative estimate of drug-likeness (QED) is 0.915. The Labute approximate surface area is 135 Å². The molecule has 4 nitrogen and oxygen atoms in total. The third-order valence-electron chi connectivity index (χ3n) is 3.95. The number of likely N-dealkylation sites (N-methyl/N-ethyl adjacent to an activating group) is 1. The highest BCUT2D eigenvalue weighted by Gasteiger charge is 2.32. The zero-order valence-corrected chi connectivity index (χ0v) is 13.0. The largest absolute Gasteiger partial charge is 0.314 e. The predicted molar refractivity (Wildman–Crippen MR) is 88.7 cm³/mol. The molecule has 1 aliphatic rings. The molecule has 2 unspecified atom stereocenters. The second-order valence-electron chi connectivity index (χ2n) is 5.41. The molecule has 5 heteroatoms. The van der Waals surface area contributed by atoms with Crippen molar-refractivity contribution in [1.82, 2.24) is 10.9 Å². The van der Waals surface area contributed by atoms with E-state index in [-0.39, 0.29) is 18.0 Å². The van der Waals surface area contributed by atoms with Crippen LogP contribution in [0.1, 0.15) is 18.0 Å². The SMILES string of the molecule is CN(C(=O)C1CC(c2ccc(Cl)cc2)NN1)c1ccccc1. The normalized spacial score (nSPS) is 20.8. The van der Waals surface area contributed by atoms with Crippen molar-refractivity contribution >= 4 is 23.2 Å². The zero-order valence-electron chi connectivity index (χ0n) is 12.3. The van der Waals surface area contributed by atoms with Crippen LogP contribution in [0, 0.1) is 0 Å². The molecular weight excluding hydrogens is 298 g/mol. The molecule has 0 radical (unpaired) electrons. The fourth-order valence-corrected chi connectivity index (χ4v) is 2.77. The summed E-state index contributed by atoms with van der Waals surface area (Å²) in [7, 11) is 1.80. The minimum absolute atomic E-state index is 0.0511. The van der Waals surface area contributed by atoms with Gasteiger partial charge in [0.15, 0.2) is 0 Å². The van der Waals surface area contributed by atoms with Crippen LogP contribution in [0.25, 0.3) is 0 Å². The van der Waals surface area contributed by atoms with Gasteiger partial charge in [-0.2, -0.15) is 0 Å². The third-order valence-corrected chi connectivity index (χ3v) is 4.20. The van der Waals surface area contributed by atoms with Crippen molar-refractivity contribution in [3.63, 3.8) is 0 Å². The van der Waals surface area contributed by atoms with Crippen LogP contribution in [0.4, 0.5) is 5.69 Å². The van der Waals surface area contributed by atoms with Gasteiger partial charge in [-0.05, 0) is 36.2 Å². The maximum Gasteiger partial charge on any atom is 0.245 e. The van der Waals surface area contributed by atoms with Gasteiger partial charge in [-0.15, -0.1) is 0 Å². The topological polar surface area (TPSA) is 44.4 Å². The Balaban J connectivity index is 1.67. The Hall–Kier alpha value is -1.88. The van der Waals surface area contributed by atoms with Gasteiger partial charge in [-0.25, -0.2) is 10.9 Å². The van der Waals surface area contributed by atoms with E-state index in [4.69, 9.17) is 11.6 Å². The fraction of sp³-hybridized carbons (Fsp3) is 0.235. The smallest absolute Gasteiger partial charge is 0.245 e. The molecule has 2 aromatic carbocycles. The van der Waals surface area contributed by atoms with E-state index in [1.54, 1.807) is 11.9 Å². The van der Waals surface area contributed by atoms with E-state index >= 15 is 0 Å². The second-order valence-corrected chi connectivity index (χ2v) is 5.85. The molecule has 3 rings (SSSR count). The van der Waals surface area contributed by atoms with Crippen molar-refractivity contribution in [1.29, 1.82) is 0 Å². The minimum atomic E-state index is -0.245. The van der Waals surface area contributed by atoms with E-state index in [9.17, 15) is 4.79 Å². The van der Waals surface area contributed by atoms with Crippen molar-refractivity contribution in [2.24, 2.45) is 0 Å². The number of halogens is 1. The fourth-order valence-electron chi connectivity index (χ4n) is 2.64. The van der Waals surface area contributed by atoms with E-state index in [0.29, 0.717) is 11.4 Å². The highest BCUT2D eigenvalue weighted by molar-refractivity contribution is 6.30. The summed E-state index contributed by atoms with van der Waals surface area (Å²) in [6.07, 6.45) is 0.706. The molecule has 114 valence electrons. The van der Waals surface area contributed by atoms with Crippen molar-refractivity contribution in [2.75, 3.05) is 11.9 Å². The maximum absolute atomic E-state index is 12.6. The Bertz CT molecular complexity index is 645. The molecule has 22 heavy (non-hydrogen) atoms. The minimum Gasteiger partial charge on any atom is -0.314 e. The molecule has 0 spiro atoms. The molecular formula is C17H18ClN3O. The lowest BCUT2D eigenvalue weighted by molar-refractivity contribution is -0.120. The first-order valence-electron chi connectivity index (χ1n) is 7.24. The van der Waals surface area contributed by atoms with Crippen LogP contribution in [0.2, 0.25) is 5.02 Å². The Morgan fingerprint density at radius 3 is 2.45 bits per heavy atom. The highest BCUT2D eigenvalue weighted by Crippen LogP contribution is 2.25. The van der Waals surface area contributed by atoms with Gasteiger partial charge in [0, 0.05) is 23.8 Å². The number of hydrogen-bond donors (Lipinski definition) is 2. The van der Waals surface area contributed by atoms with Crippen molar-refractivity contribution in [3.05, 3.63) is 65.2 Å². The summed E-state index contributed by atoms with van der Waals surface area (Å²) in [5.41, 5.74) is 8.30. The van der Waals surface area contributed by atoms with Crippen LogP contribution in [0.3, 0.4) is 0 Å². The molecule has 2 aromatic rings. The first kappa shape index (κ1) is 15.0. The number of hydrogen-bond acceptors (Lipinski definition) is 3. The van der Waals surface area contributed by atoms with Crippen molar-refractivity contribution in [3.8, 4) is 0 Å². The second kappa shape index (κ2) is 6.48. The molecule has 2 N–H and O–H groups in total. The summed E-state index contributed by atoms with van der Waals surface area (Å²) >= 11 is 5.91. The third kappa shape index (κ3) is 3.14. The van der Waals surface area contributed by atoms with E-state index in [2.05, 4.69) is 10.9 Å². The molecule has 1 heterocycles. The number of para-hydroxylation sites is 1. The van der Waals surface area contributed by atoms with Gasteiger partial charge in [-0.3, -0.25) is 4.79 Å². The van der Waals surface area contributed by atoms with Crippen LogP contribution < -0.4 is 15.8 Å². The lowest BCUT2D eigenvalue weighted by atomic mass is 10.0. The molecule has 1 saturated heterocycles. The predicted octanol–water partition coefficient (Wildman–Crippen LogP) is 2.91. The van der Waals surface area contributed by atoms with E-state index in [1.807, 2.05) is 54.6 Å². The first-order chi connectivity index (χ1) is 10.6. The monoisotopic (exact) mass is 315 g/mol. The first-order valence-corrected chi connectivity index (χ1v) is 7.62. The van der Waals surface area contributed by atoms with Gasteiger partial charge in [0.1, 0.15) is 6.04 Å². The summed E-state index contributed by atoms with van der Waals surface area (Å²) < 4.78 is 0. The van der Waals surface area contributed by atoms with Crippen molar-refractivity contribution < 1.29 is 4.79 Å². The number of anilines is 1. The highest BCUT2D eigenvalue weighted by atomic mass is 35.5. The number of carbonyl (C=O) groups is 1. The number of rotatable bonds is 3. The van der Waals surface area contributed by atoms with Crippen LogP contribution in [-0.2, 0) is 4.79 Å². The number of hydrazine groups is 1. The van der Waals surface area contributed by atoms with Gasteiger partial charge >= 0.3 is 0 Å².